The van der Waals surface area contributed by atoms with Crippen molar-refractivity contribution in [3.8, 4) is 5.69 Å². The lowest BCUT2D eigenvalue weighted by molar-refractivity contribution is 0.839. The van der Waals surface area contributed by atoms with Crippen molar-refractivity contribution in [1.82, 2.24) is 14.1 Å². The molecule has 90 valence electrons. The molecule has 2 N–H and O–H groups in total. The third-order valence-corrected chi connectivity index (χ3v) is 2.92. The molecular weight excluding hydrogens is 228 g/mol. The summed E-state index contributed by atoms with van der Waals surface area (Å²) >= 11 is 0. The van der Waals surface area contributed by atoms with Gasteiger partial charge in [0.1, 0.15) is 0 Å². The topological polar surface area (TPSA) is 65.8 Å². The summed E-state index contributed by atoms with van der Waals surface area (Å²) in [5.41, 5.74) is 8.30. The summed E-state index contributed by atoms with van der Waals surface area (Å²) in [6, 6.07) is 11.2. The average Bonchev–Trinajstić information content (AvgIpc) is 2.63. The zero-order valence-electron chi connectivity index (χ0n) is 9.87. The fourth-order valence-corrected chi connectivity index (χ4v) is 2.05. The summed E-state index contributed by atoms with van der Waals surface area (Å²) in [6.45, 7) is 0. The van der Waals surface area contributed by atoms with Crippen LogP contribution < -0.4 is 11.4 Å². The number of benzene rings is 1. The monoisotopic (exact) mass is 240 g/mol. The van der Waals surface area contributed by atoms with Crippen molar-refractivity contribution in [2.24, 2.45) is 7.05 Å². The molecule has 2 aromatic heterocycles. The number of anilines is 1. The van der Waals surface area contributed by atoms with Crippen LogP contribution in [0, 0.1) is 0 Å². The zero-order chi connectivity index (χ0) is 12.7. The molecule has 5 nitrogen and oxygen atoms in total. The lowest BCUT2D eigenvalue weighted by Crippen LogP contribution is -2.20. The molecule has 0 saturated carbocycles. The number of hydrogen-bond acceptors (Lipinski definition) is 3. The highest BCUT2D eigenvalue weighted by atomic mass is 16.1. The molecular formula is C13H12N4O. The SMILES string of the molecule is Cn1c(=O)n(-c2ccccc2)c2cc(N)cnc21. The quantitative estimate of drug-likeness (QED) is 0.697. The van der Waals surface area contributed by atoms with Crippen LogP contribution in [-0.4, -0.2) is 14.1 Å². The molecule has 0 fully saturated rings. The summed E-state index contributed by atoms with van der Waals surface area (Å²) in [7, 11) is 1.70. The first-order valence-electron chi connectivity index (χ1n) is 5.57. The summed E-state index contributed by atoms with van der Waals surface area (Å²) in [5.74, 6) is 0. The first-order chi connectivity index (χ1) is 8.68. The Hall–Kier alpha value is -2.56. The second kappa shape index (κ2) is 3.73. The minimum Gasteiger partial charge on any atom is -0.397 e. The van der Waals surface area contributed by atoms with Gasteiger partial charge in [-0.1, -0.05) is 18.2 Å². The smallest absolute Gasteiger partial charge is 0.334 e. The van der Waals surface area contributed by atoms with Crippen LogP contribution in [-0.2, 0) is 7.05 Å². The van der Waals surface area contributed by atoms with Crippen molar-refractivity contribution in [3.63, 3.8) is 0 Å². The highest BCUT2D eigenvalue weighted by Crippen LogP contribution is 2.17. The van der Waals surface area contributed by atoms with E-state index in [1.807, 2.05) is 30.3 Å². The molecule has 0 bridgehead atoms. The largest absolute Gasteiger partial charge is 0.397 e. The van der Waals surface area contributed by atoms with E-state index in [2.05, 4.69) is 4.98 Å². The Labute approximate surface area is 103 Å². The molecule has 2 heterocycles. The maximum absolute atomic E-state index is 12.2. The molecule has 0 spiro atoms. The molecule has 3 aromatic rings. The second-order valence-corrected chi connectivity index (χ2v) is 4.12. The van der Waals surface area contributed by atoms with E-state index in [1.54, 1.807) is 23.9 Å². The van der Waals surface area contributed by atoms with E-state index in [9.17, 15) is 4.79 Å². The molecule has 0 unspecified atom stereocenters. The Balaban J connectivity index is 2.46. The van der Waals surface area contributed by atoms with Crippen LogP contribution in [0.2, 0.25) is 0 Å². The van der Waals surface area contributed by atoms with Crippen molar-refractivity contribution in [2.75, 3.05) is 5.73 Å². The van der Waals surface area contributed by atoms with Gasteiger partial charge in [-0.15, -0.1) is 0 Å². The fourth-order valence-electron chi connectivity index (χ4n) is 2.05. The van der Waals surface area contributed by atoms with E-state index in [0.29, 0.717) is 16.9 Å². The predicted molar refractivity (Wildman–Crippen MR) is 70.7 cm³/mol. The predicted octanol–water partition coefficient (Wildman–Crippen LogP) is 1.31. The number of para-hydroxylation sites is 1. The van der Waals surface area contributed by atoms with Crippen LogP contribution in [0.3, 0.4) is 0 Å². The zero-order valence-corrected chi connectivity index (χ0v) is 9.87. The van der Waals surface area contributed by atoms with Gasteiger partial charge in [-0.2, -0.15) is 0 Å². The Kier molecular flexibility index (Phi) is 2.19. The maximum Gasteiger partial charge on any atom is 0.334 e. The third-order valence-electron chi connectivity index (χ3n) is 2.92. The first-order valence-corrected chi connectivity index (χ1v) is 5.57. The second-order valence-electron chi connectivity index (χ2n) is 4.12. The summed E-state index contributed by atoms with van der Waals surface area (Å²) in [5, 5.41) is 0. The van der Waals surface area contributed by atoms with Gasteiger partial charge < -0.3 is 5.73 Å². The molecule has 0 saturated heterocycles. The molecule has 3 rings (SSSR count). The third kappa shape index (κ3) is 1.41. The van der Waals surface area contributed by atoms with Crippen molar-refractivity contribution < 1.29 is 0 Å². The van der Waals surface area contributed by atoms with E-state index >= 15 is 0 Å². The molecule has 0 aliphatic heterocycles. The molecule has 18 heavy (non-hydrogen) atoms. The minimum atomic E-state index is -0.130. The van der Waals surface area contributed by atoms with Crippen LogP contribution in [0.1, 0.15) is 0 Å². The van der Waals surface area contributed by atoms with Gasteiger partial charge in [-0.25, -0.2) is 9.78 Å². The fraction of sp³-hybridized carbons (Fsp3) is 0.0769. The number of rotatable bonds is 1. The number of imidazole rings is 1. The lowest BCUT2D eigenvalue weighted by Gasteiger charge is -2.02. The number of pyridine rings is 1. The minimum absolute atomic E-state index is 0.130. The van der Waals surface area contributed by atoms with E-state index in [0.717, 1.165) is 5.69 Å². The summed E-state index contributed by atoms with van der Waals surface area (Å²) < 4.78 is 3.13. The van der Waals surface area contributed by atoms with Gasteiger partial charge in [0, 0.05) is 7.05 Å². The number of hydrogen-bond donors (Lipinski definition) is 1. The van der Waals surface area contributed by atoms with E-state index in [4.69, 9.17) is 5.73 Å². The van der Waals surface area contributed by atoms with Crippen molar-refractivity contribution in [2.45, 2.75) is 0 Å². The maximum atomic E-state index is 12.2. The first kappa shape index (κ1) is 10.6. The average molecular weight is 240 g/mol. The number of nitrogen functional groups attached to an aromatic ring is 1. The molecule has 1 aromatic carbocycles. The van der Waals surface area contributed by atoms with Crippen LogP contribution >= 0.6 is 0 Å². The molecule has 5 heteroatoms. The van der Waals surface area contributed by atoms with Crippen LogP contribution in [0.25, 0.3) is 16.9 Å². The number of aryl methyl sites for hydroxylation is 1. The van der Waals surface area contributed by atoms with Crippen LogP contribution in [0.4, 0.5) is 5.69 Å². The van der Waals surface area contributed by atoms with Gasteiger partial charge in [0.05, 0.1) is 23.1 Å². The molecule has 0 radical (unpaired) electrons. The Morgan fingerprint density at radius 2 is 1.94 bits per heavy atom. The van der Waals surface area contributed by atoms with Gasteiger partial charge in [-0.3, -0.25) is 9.13 Å². The van der Waals surface area contributed by atoms with Crippen molar-refractivity contribution in [1.29, 1.82) is 0 Å². The highest BCUT2D eigenvalue weighted by Gasteiger charge is 2.13. The van der Waals surface area contributed by atoms with Crippen molar-refractivity contribution in [3.05, 3.63) is 53.1 Å². The van der Waals surface area contributed by atoms with Gasteiger partial charge in [0.25, 0.3) is 0 Å². The molecule has 0 amide bonds. The van der Waals surface area contributed by atoms with Gasteiger partial charge >= 0.3 is 5.69 Å². The summed E-state index contributed by atoms with van der Waals surface area (Å²) in [6.07, 6.45) is 1.55. The van der Waals surface area contributed by atoms with Crippen molar-refractivity contribution >= 4 is 16.9 Å². The van der Waals surface area contributed by atoms with Gasteiger partial charge in [0.15, 0.2) is 5.65 Å². The number of fused-ring (bicyclic) bond motifs is 1. The number of nitrogens with zero attached hydrogens (tertiary/aromatic N) is 3. The number of aromatic nitrogens is 3. The summed E-state index contributed by atoms with van der Waals surface area (Å²) in [4.78, 5) is 16.4. The molecule has 0 aliphatic rings. The van der Waals surface area contributed by atoms with Crippen LogP contribution in [0.5, 0.6) is 0 Å². The normalized spacial score (nSPS) is 10.9. The van der Waals surface area contributed by atoms with E-state index < -0.39 is 0 Å². The molecule has 0 aliphatic carbocycles. The van der Waals surface area contributed by atoms with Crippen LogP contribution in [0.15, 0.2) is 47.4 Å². The Morgan fingerprint density at radius 3 is 2.67 bits per heavy atom. The standard InChI is InChI=1S/C13H12N4O/c1-16-12-11(7-9(14)8-15-12)17(13(16)18)10-5-3-2-4-6-10/h2-8H,14H2,1H3. The Morgan fingerprint density at radius 1 is 1.22 bits per heavy atom. The van der Waals surface area contributed by atoms with Gasteiger partial charge in [-0.05, 0) is 18.2 Å². The number of nitrogens with two attached hydrogens (primary N) is 1. The Bertz CT molecular complexity index is 771. The highest BCUT2D eigenvalue weighted by molar-refractivity contribution is 5.77. The lowest BCUT2D eigenvalue weighted by atomic mass is 10.3. The molecule has 0 atom stereocenters. The van der Waals surface area contributed by atoms with E-state index in [1.165, 1.54) is 4.57 Å². The van der Waals surface area contributed by atoms with E-state index in [-0.39, 0.29) is 5.69 Å². The van der Waals surface area contributed by atoms with Gasteiger partial charge in [0.2, 0.25) is 0 Å².